The Kier molecular flexibility index (Phi) is 5.86. The van der Waals surface area contributed by atoms with Crippen LogP contribution in [-0.4, -0.2) is 43.5 Å². The molecule has 1 aliphatic rings. The average Bonchev–Trinajstić information content (AvgIpc) is 3.15. The molecule has 3 rings (SSSR count). The van der Waals surface area contributed by atoms with Gasteiger partial charge in [0.2, 0.25) is 6.79 Å². The molecule has 6 nitrogen and oxygen atoms in total. The van der Waals surface area contributed by atoms with Gasteiger partial charge in [0.1, 0.15) is 19.7 Å². The van der Waals surface area contributed by atoms with Gasteiger partial charge in [0.25, 0.3) is 0 Å². The molecule has 0 fully saturated rings. The quantitative estimate of drug-likeness (QED) is 0.438. The predicted octanol–water partition coefficient (Wildman–Crippen LogP) is 3.21. The third kappa shape index (κ3) is 4.52. The third-order valence-corrected chi connectivity index (χ3v) is 5.24. The molecule has 0 radical (unpaired) electrons. The van der Waals surface area contributed by atoms with Gasteiger partial charge in [-0.25, -0.2) is 4.79 Å². The van der Waals surface area contributed by atoms with Crippen molar-refractivity contribution in [1.29, 1.82) is 0 Å². The lowest BCUT2D eigenvalue weighted by Crippen LogP contribution is -2.49. The van der Waals surface area contributed by atoms with Crippen molar-refractivity contribution in [2.24, 2.45) is 0 Å². The minimum Gasteiger partial charge on any atom is -0.456 e. The second kappa shape index (κ2) is 8.31. The van der Waals surface area contributed by atoms with Crippen LogP contribution in [0.25, 0.3) is 0 Å². The van der Waals surface area contributed by atoms with E-state index in [0.29, 0.717) is 17.9 Å². The summed E-state index contributed by atoms with van der Waals surface area (Å²) < 4.78 is 17.2. The fourth-order valence-corrected chi connectivity index (χ4v) is 3.30. The summed E-state index contributed by atoms with van der Waals surface area (Å²) in [5.74, 6) is 1.28. The van der Waals surface area contributed by atoms with Crippen molar-refractivity contribution >= 4 is 11.7 Å². The molecule has 2 N–H and O–H groups in total. The Labute approximate surface area is 160 Å². The van der Waals surface area contributed by atoms with E-state index in [1.807, 2.05) is 12.1 Å². The molecule has 0 spiro atoms. The van der Waals surface area contributed by atoms with Gasteiger partial charge in [-0.1, -0.05) is 0 Å². The molecule has 1 heterocycles. The summed E-state index contributed by atoms with van der Waals surface area (Å²) in [7, 11) is 0. The molecule has 27 heavy (non-hydrogen) atoms. The zero-order valence-electron chi connectivity index (χ0n) is 15.9. The van der Waals surface area contributed by atoms with E-state index in [1.54, 1.807) is 24.3 Å². The predicted molar refractivity (Wildman–Crippen MR) is 104 cm³/mol. The van der Waals surface area contributed by atoms with Gasteiger partial charge in [0, 0.05) is 11.3 Å². The lowest BCUT2D eigenvalue weighted by atomic mass is 10.1. The van der Waals surface area contributed by atoms with E-state index in [-0.39, 0.29) is 12.8 Å². The molecule has 0 unspecified atom stereocenters. The highest BCUT2D eigenvalue weighted by molar-refractivity contribution is 5.89. The maximum Gasteiger partial charge on any atom is 0.338 e. The van der Waals surface area contributed by atoms with E-state index < -0.39 is 0 Å². The highest BCUT2D eigenvalue weighted by Gasteiger charge is 2.25. The molecule has 1 aliphatic heterocycles. The van der Waals surface area contributed by atoms with Gasteiger partial charge >= 0.3 is 5.97 Å². The number of fused-ring (bicyclic) bond motifs is 1. The van der Waals surface area contributed by atoms with Gasteiger partial charge in [-0.05, 0) is 56.3 Å². The van der Waals surface area contributed by atoms with Crippen LogP contribution in [0.5, 0.6) is 11.5 Å². The number of nitrogens with two attached hydrogens (primary N) is 1. The molecule has 0 bridgehead atoms. The van der Waals surface area contributed by atoms with Crippen molar-refractivity contribution < 1.29 is 23.5 Å². The Hall–Kier alpha value is -2.73. The molecule has 0 saturated carbocycles. The molecular formula is C21H27N2O4+. The fourth-order valence-electron chi connectivity index (χ4n) is 3.30. The van der Waals surface area contributed by atoms with Crippen molar-refractivity contribution in [3.8, 4) is 11.5 Å². The molecule has 2 aromatic carbocycles. The van der Waals surface area contributed by atoms with Crippen LogP contribution in [0.2, 0.25) is 0 Å². The van der Waals surface area contributed by atoms with Crippen LogP contribution in [-0.2, 0) is 11.3 Å². The van der Waals surface area contributed by atoms with E-state index in [1.165, 1.54) is 5.56 Å². The summed E-state index contributed by atoms with van der Waals surface area (Å²) in [4.78, 5) is 12.2. The highest BCUT2D eigenvalue weighted by atomic mass is 16.7. The van der Waals surface area contributed by atoms with Crippen molar-refractivity contribution in [2.75, 3.05) is 38.8 Å². The Morgan fingerprint density at radius 1 is 1.07 bits per heavy atom. The largest absolute Gasteiger partial charge is 0.456 e. The number of benzene rings is 2. The molecule has 0 aliphatic carbocycles. The van der Waals surface area contributed by atoms with E-state index >= 15 is 0 Å². The van der Waals surface area contributed by atoms with Crippen LogP contribution in [0.4, 0.5) is 5.69 Å². The van der Waals surface area contributed by atoms with Crippen molar-refractivity contribution in [3.63, 3.8) is 0 Å². The van der Waals surface area contributed by atoms with E-state index in [9.17, 15) is 4.79 Å². The first-order chi connectivity index (χ1) is 13.0. The summed E-state index contributed by atoms with van der Waals surface area (Å²) in [5, 5.41) is 0. The lowest BCUT2D eigenvalue weighted by Gasteiger charge is -2.36. The SMILES string of the molecule is CC[N+](CC)(CCOC(=O)c1ccc(N)cc1)Cc1ccc2c(c1)OCO2. The van der Waals surface area contributed by atoms with Crippen molar-refractivity contribution in [2.45, 2.75) is 20.4 Å². The molecule has 0 saturated heterocycles. The summed E-state index contributed by atoms with van der Waals surface area (Å²) in [6, 6.07) is 12.9. The second-order valence-electron chi connectivity index (χ2n) is 6.80. The smallest absolute Gasteiger partial charge is 0.338 e. The molecule has 144 valence electrons. The van der Waals surface area contributed by atoms with Gasteiger partial charge < -0.3 is 24.4 Å². The first kappa shape index (κ1) is 19.0. The van der Waals surface area contributed by atoms with Crippen LogP contribution < -0.4 is 15.2 Å². The lowest BCUT2D eigenvalue weighted by molar-refractivity contribution is -0.937. The molecular weight excluding hydrogens is 344 g/mol. The number of rotatable bonds is 8. The highest BCUT2D eigenvalue weighted by Crippen LogP contribution is 2.33. The second-order valence-corrected chi connectivity index (χ2v) is 6.80. The van der Waals surface area contributed by atoms with Crippen LogP contribution in [0, 0.1) is 0 Å². The Morgan fingerprint density at radius 3 is 2.48 bits per heavy atom. The maximum absolute atomic E-state index is 12.2. The van der Waals surface area contributed by atoms with Crippen LogP contribution >= 0.6 is 0 Å². The van der Waals surface area contributed by atoms with Crippen LogP contribution in [0.15, 0.2) is 42.5 Å². The van der Waals surface area contributed by atoms with Gasteiger partial charge in [-0.3, -0.25) is 0 Å². The van der Waals surface area contributed by atoms with Gasteiger partial charge in [-0.15, -0.1) is 0 Å². The number of ether oxygens (including phenoxy) is 3. The zero-order chi connectivity index (χ0) is 19.3. The number of nitrogen functional groups attached to an aromatic ring is 1. The summed E-state index contributed by atoms with van der Waals surface area (Å²) in [6.45, 7) is 8.48. The number of carbonyl (C=O) groups is 1. The van der Waals surface area contributed by atoms with Crippen LogP contribution in [0.3, 0.4) is 0 Å². The summed E-state index contributed by atoms with van der Waals surface area (Å²) >= 11 is 0. The molecule has 0 amide bonds. The average molecular weight is 371 g/mol. The number of nitrogens with zero attached hydrogens (tertiary/aromatic N) is 1. The number of anilines is 1. The Bertz CT molecular complexity index is 785. The first-order valence-electron chi connectivity index (χ1n) is 9.31. The Morgan fingerprint density at radius 2 is 1.78 bits per heavy atom. The third-order valence-electron chi connectivity index (χ3n) is 5.24. The monoisotopic (exact) mass is 371 g/mol. The van der Waals surface area contributed by atoms with E-state index in [4.69, 9.17) is 19.9 Å². The summed E-state index contributed by atoms with van der Waals surface area (Å²) in [6.07, 6.45) is 0. The minimum absolute atomic E-state index is 0.279. The molecule has 6 heteroatoms. The number of quaternary nitrogens is 1. The van der Waals surface area contributed by atoms with Crippen molar-refractivity contribution in [3.05, 3.63) is 53.6 Å². The number of likely N-dealkylation sites (N-methyl/N-ethyl adjacent to an activating group) is 1. The van der Waals surface area contributed by atoms with E-state index in [2.05, 4.69) is 19.9 Å². The minimum atomic E-state index is -0.316. The molecule has 2 aromatic rings. The number of hydrogen-bond acceptors (Lipinski definition) is 5. The first-order valence-corrected chi connectivity index (χ1v) is 9.31. The summed E-state index contributed by atoms with van der Waals surface area (Å²) in [5.41, 5.74) is 7.99. The van der Waals surface area contributed by atoms with Gasteiger partial charge in [0.05, 0.1) is 18.7 Å². The standard InChI is InChI=1S/C21H26N2O4/c1-3-23(4-2,14-16-5-10-19-20(13-16)27-15-26-19)11-12-25-21(24)17-6-8-18(22)9-7-17/h5-10,13H,3-4,11-12,14-15H2,1-2H3,(H-,22,24)/p+1. The van der Waals surface area contributed by atoms with Gasteiger partial charge in [-0.2, -0.15) is 0 Å². The topological polar surface area (TPSA) is 70.8 Å². The van der Waals surface area contributed by atoms with Crippen molar-refractivity contribution in [1.82, 2.24) is 0 Å². The number of hydrogen-bond donors (Lipinski definition) is 1. The zero-order valence-corrected chi connectivity index (χ0v) is 15.9. The number of carbonyl (C=O) groups excluding carboxylic acids is 1. The normalized spacial score (nSPS) is 12.8. The molecule has 0 atom stereocenters. The van der Waals surface area contributed by atoms with Crippen LogP contribution in [0.1, 0.15) is 29.8 Å². The number of esters is 1. The van der Waals surface area contributed by atoms with E-state index in [0.717, 1.165) is 42.2 Å². The fraction of sp³-hybridized carbons (Fsp3) is 0.381. The Balaban J connectivity index is 1.60. The maximum atomic E-state index is 12.2. The molecule has 0 aromatic heterocycles. The van der Waals surface area contributed by atoms with Gasteiger partial charge in [0.15, 0.2) is 11.5 Å².